The van der Waals surface area contributed by atoms with Crippen LogP contribution in [0.1, 0.15) is 39.0 Å². The monoisotopic (exact) mass is 365 g/mol. The third-order valence-electron chi connectivity index (χ3n) is 5.27. The molecule has 0 bridgehead atoms. The van der Waals surface area contributed by atoms with Crippen LogP contribution in [0.5, 0.6) is 0 Å². The van der Waals surface area contributed by atoms with Gasteiger partial charge in [0.15, 0.2) is 8.32 Å². The number of aryl methyl sites for hydroxylation is 1. The molecule has 1 aliphatic heterocycles. The van der Waals surface area contributed by atoms with Gasteiger partial charge in [-0.05, 0) is 25.1 Å². The number of nitrogens with one attached hydrogen (secondary N) is 1. The molecule has 0 amide bonds. The Bertz CT molecular complexity index is 785. The number of hydrogen-bond donors (Lipinski definition) is 1. The van der Waals surface area contributed by atoms with E-state index in [-0.39, 0.29) is 17.1 Å². The van der Waals surface area contributed by atoms with Crippen LogP contribution in [0.25, 0.3) is 0 Å². The lowest BCUT2D eigenvalue weighted by Gasteiger charge is -2.37. The van der Waals surface area contributed by atoms with Crippen LogP contribution in [0, 0.1) is 24.2 Å². The Morgan fingerprint density at radius 1 is 1.44 bits per heavy atom. The van der Waals surface area contributed by atoms with Gasteiger partial charge in [-0.1, -0.05) is 20.8 Å². The second kappa shape index (κ2) is 6.90. The maximum Gasteiger partial charge on any atom is 0.330 e. The Labute approximate surface area is 148 Å². The molecule has 138 valence electrons. The van der Waals surface area contributed by atoms with E-state index >= 15 is 0 Å². The molecule has 0 aromatic carbocycles. The fraction of sp³-hybridized carbons (Fsp3) is 0.706. The Kier molecular flexibility index (Phi) is 5.42. The molecule has 8 heteroatoms. The summed E-state index contributed by atoms with van der Waals surface area (Å²) in [4.78, 5) is 25.8. The zero-order valence-corrected chi connectivity index (χ0v) is 16.8. The number of aromatic nitrogens is 2. The second-order valence-electron chi connectivity index (χ2n) is 8.15. The lowest BCUT2D eigenvalue weighted by atomic mass is 10.0. The zero-order chi connectivity index (χ0) is 19.0. The molecular weight excluding hydrogens is 338 g/mol. The highest BCUT2D eigenvalue weighted by molar-refractivity contribution is 6.74. The van der Waals surface area contributed by atoms with Gasteiger partial charge in [-0.25, -0.2) is 4.79 Å². The average Bonchev–Trinajstić information content (AvgIpc) is 2.91. The van der Waals surface area contributed by atoms with Crippen LogP contribution in [0.15, 0.2) is 15.8 Å². The van der Waals surface area contributed by atoms with E-state index in [1.807, 2.05) is 0 Å². The van der Waals surface area contributed by atoms with Crippen LogP contribution in [-0.2, 0) is 9.16 Å². The number of ether oxygens (including phenoxy) is 1. The first kappa shape index (κ1) is 19.6. The topological polar surface area (TPSA) is 97.1 Å². The fourth-order valence-electron chi connectivity index (χ4n) is 2.50. The summed E-state index contributed by atoms with van der Waals surface area (Å²) in [5.41, 5.74) is -0.505. The van der Waals surface area contributed by atoms with Gasteiger partial charge >= 0.3 is 5.69 Å². The smallest absolute Gasteiger partial charge is 0.330 e. The van der Waals surface area contributed by atoms with E-state index < -0.39 is 25.8 Å². The Balaban J connectivity index is 2.16. The first-order chi connectivity index (χ1) is 11.5. The molecule has 3 unspecified atom stereocenters. The van der Waals surface area contributed by atoms with Crippen LogP contribution in [0.3, 0.4) is 0 Å². The van der Waals surface area contributed by atoms with Crippen molar-refractivity contribution in [2.45, 2.75) is 64.6 Å². The lowest BCUT2D eigenvalue weighted by Crippen LogP contribution is -2.43. The molecule has 1 aromatic heterocycles. The predicted molar refractivity (Wildman–Crippen MR) is 96.8 cm³/mol. The van der Waals surface area contributed by atoms with Gasteiger partial charge in [0.2, 0.25) is 0 Å². The Morgan fingerprint density at radius 2 is 2.08 bits per heavy atom. The molecule has 3 atom stereocenters. The minimum absolute atomic E-state index is 0.0696. The minimum atomic E-state index is -1.95. The van der Waals surface area contributed by atoms with Crippen molar-refractivity contribution in [2.75, 3.05) is 6.61 Å². The van der Waals surface area contributed by atoms with Crippen molar-refractivity contribution in [3.05, 3.63) is 32.6 Å². The van der Waals surface area contributed by atoms with Gasteiger partial charge in [-0.3, -0.25) is 14.3 Å². The van der Waals surface area contributed by atoms with Crippen LogP contribution in [0.2, 0.25) is 18.1 Å². The number of nitriles is 1. The van der Waals surface area contributed by atoms with Gasteiger partial charge in [-0.15, -0.1) is 0 Å². The summed E-state index contributed by atoms with van der Waals surface area (Å²) in [7, 11) is -1.95. The summed E-state index contributed by atoms with van der Waals surface area (Å²) in [6.07, 6.45) is 0.925. The number of H-pyrrole nitrogens is 1. The molecule has 25 heavy (non-hydrogen) atoms. The summed E-state index contributed by atoms with van der Waals surface area (Å²) < 4.78 is 13.5. The van der Waals surface area contributed by atoms with Crippen molar-refractivity contribution >= 4 is 8.32 Å². The summed E-state index contributed by atoms with van der Waals surface area (Å²) in [5.74, 6) is -0.353. The molecule has 0 spiro atoms. The standard InChI is InChI=1S/C17H27N3O4Si/c1-11-9-20(16(22)19-15(11)21)14-7-12(8-18)13(24-14)10-23-25(5,6)17(2,3)4/h9,12-14H,7,10H2,1-6H3,(H,19,21,22). The highest BCUT2D eigenvalue weighted by Gasteiger charge is 2.41. The maximum absolute atomic E-state index is 12.0. The lowest BCUT2D eigenvalue weighted by molar-refractivity contribution is -0.0265. The molecule has 1 N–H and O–H groups in total. The molecule has 0 aliphatic carbocycles. The van der Waals surface area contributed by atoms with Crippen LogP contribution in [0.4, 0.5) is 0 Å². The predicted octanol–water partition coefficient (Wildman–Crippen LogP) is 2.29. The maximum atomic E-state index is 12.0. The molecule has 1 aromatic rings. The van der Waals surface area contributed by atoms with Crippen molar-refractivity contribution in [3.8, 4) is 6.07 Å². The third kappa shape index (κ3) is 4.11. The van der Waals surface area contributed by atoms with Crippen molar-refractivity contribution in [2.24, 2.45) is 5.92 Å². The van der Waals surface area contributed by atoms with Gasteiger partial charge in [0.1, 0.15) is 6.23 Å². The molecule has 0 radical (unpaired) electrons. The van der Waals surface area contributed by atoms with E-state index in [1.54, 1.807) is 6.92 Å². The van der Waals surface area contributed by atoms with E-state index in [0.717, 1.165) is 0 Å². The summed E-state index contributed by atoms with van der Waals surface area (Å²) in [6, 6.07) is 2.26. The highest BCUT2D eigenvalue weighted by Crippen LogP contribution is 2.38. The van der Waals surface area contributed by atoms with E-state index in [1.165, 1.54) is 10.8 Å². The molecular formula is C17H27N3O4Si. The van der Waals surface area contributed by atoms with Crippen molar-refractivity contribution in [3.63, 3.8) is 0 Å². The first-order valence-corrected chi connectivity index (χ1v) is 11.4. The van der Waals surface area contributed by atoms with Gasteiger partial charge in [0.05, 0.1) is 24.7 Å². The quantitative estimate of drug-likeness (QED) is 0.826. The van der Waals surface area contributed by atoms with Gasteiger partial charge in [0.25, 0.3) is 5.56 Å². The molecule has 1 aliphatic rings. The van der Waals surface area contributed by atoms with E-state index in [9.17, 15) is 14.9 Å². The summed E-state index contributed by atoms with van der Waals surface area (Å²) in [5, 5.41) is 9.51. The van der Waals surface area contributed by atoms with Crippen molar-refractivity contribution < 1.29 is 9.16 Å². The van der Waals surface area contributed by atoms with E-state index in [4.69, 9.17) is 9.16 Å². The Morgan fingerprint density at radius 3 is 2.64 bits per heavy atom. The van der Waals surface area contributed by atoms with Crippen LogP contribution in [-0.4, -0.2) is 30.6 Å². The van der Waals surface area contributed by atoms with E-state index in [0.29, 0.717) is 18.6 Å². The second-order valence-corrected chi connectivity index (χ2v) is 13.0. The van der Waals surface area contributed by atoms with Gasteiger partial charge < -0.3 is 9.16 Å². The minimum Gasteiger partial charge on any atom is -0.414 e. The van der Waals surface area contributed by atoms with Gasteiger partial charge in [0, 0.05) is 18.2 Å². The first-order valence-electron chi connectivity index (χ1n) is 8.47. The summed E-state index contributed by atoms with van der Waals surface area (Å²) >= 11 is 0. The highest BCUT2D eigenvalue weighted by atomic mass is 28.4. The van der Waals surface area contributed by atoms with Gasteiger partial charge in [-0.2, -0.15) is 5.26 Å². The largest absolute Gasteiger partial charge is 0.414 e. The number of rotatable bonds is 4. The average molecular weight is 366 g/mol. The molecule has 0 saturated carbocycles. The molecule has 1 saturated heterocycles. The van der Waals surface area contributed by atoms with E-state index in [2.05, 4.69) is 44.9 Å². The van der Waals surface area contributed by atoms with Crippen molar-refractivity contribution in [1.82, 2.24) is 9.55 Å². The summed E-state index contributed by atoms with van der Waals surface area (Å²) in [6.45, 7) is 12.7. The molecule has 1 fully saturated rings. The SMILES string of the molecule is Cc1cn(C2CC(C#N)C(CO[Si](C)(C)C(C)(C)C)O2)c(=O)[nH]c1=O. The van der Waals surface area contributed by atoms with Crippen molar-refractivity contribution in [1.29, 1.82) is 5.26 Å². The normalized spacial score (nSPS) is 24.3. The molecule has 7 nitrogen and oxygen atoms in total. The number of hydrogen-bond acceptors (Lipinski definition) is 5. The Hall–Kier alpha value is -1.69. The van der Waals surface area contributed by atoms with Crippen LogP contribution >= 0.6 is 0 Å². The number of nitrogens with zero attached hydrogens (tertiary/aromatic N) is 2. The molecule has 2 rings (SSSR count). The molecule has 2 heterocycles. The third-order valence-corrected chi connectivity index (χ3v) is 9.77. The zero-order valence-electron chi connectivity index (χ0n) is 15.8. The van der Waals surface area contributed by atoms with Crippen LogP contribution < -0.4 is 11.2 Å². The fourth-order valence-corrected chi connectivity index (χ4v) is 3.51. The number of aromatic amines is 1.